The Morgan fingerprint density at radius 1 is 1.12 bits per heavy atom. The first-order valence-corrected chi connectivity index (χ1v) is 13.5. The Bertz CT molecular complexity index is 963. The summed E-state index contributed by atoms with van der Waals surface area (Å²) in [7, 11) is 0. The van der Waals surface area contributed by atoms with E-state index in [1.807, 2.05) is 50.2 Å². The van der Waals surface area contributed by atoms with Gasteiger partial charge in [-0.3, -0.25) is 9.59 Å². The molecule has 1 atom stereocenters. The van der Waals surface area contributed by atoms with Gasteiger partial charge in [-0.1, -0.05) is 73.3 Å². The molecular weight excluding hydrogens is 475 g/mol. The average Bonchev–Trinajstić information content (AvgIpc) is 3.30. The lowest BCUT2D eigenvalue weighted by Crippen LogP contribution is -2.51. The smallest absolute Gasteiger partial charge is 0.243 e. The van der Waals surface area contributed by atoms with Gasteiger partial charge in [0.25, 0.3) is 0 Å². The third kappa shape index (κ3) is 7.40. The third-order valence-electron chi connectivity index (χ3n) is 6.17. The molecule has 1 fully saturated rings. The summed E-state index contributed by atoms with van der Waals surface area (Å²) in [6, 6.07) is 13.3. The molecule has 2 aromatic rings. The number of amides is 2. The van der Waals surface area contributed by atoms with E-state index in [2.05, 4.69) is 5.32 Å². The van der Waals surface area contributed by atoms with Gasteiger partial charge in [0.05, 0.1) is 15.8 Å². The maximum Gasteiger partial charge on any atom is 0.243 e. The molecular formula is C26H32Cl2N2O2S. The van der Waals surface area contributed by atoms with Gasteiger partial charge < -0.3 is 10.2 Å². The number of rotatable bonds is 10. The molecule has 3 rings (SSSR count). The van der Waals surface area contributed by atoms with E-state index < -0.39 is 6.04 Å². The molecule has 4 nitrogen and oxygen atoms in total. The number of hydrogen-bond donors (Lipinski definition) is 1. The minimum Gasteiger partial charge on any atom is -0.352 e. The van der Waals surface area contributed by atoms with Crippen molar-refractivity contribution >= 4 is 46.8 Å². The number of hydrogen-bond acceptors (Lipinski definition) is 3. The minimum atomic E-state index is -0.483. The highest BCUT2D eigenvalue weighted by Gasteiger charge is 2.30. The van der Waals surface area contributed by atoms with Crippen molar-refractivity contribution in [3.63, 3.8) is 0 Å². The molecule has 1 aliphatic rings. The molecule has 1 saturated carbocycles. The molecule has 0 saturated heterocycles. The molecule has 0 spiro atoms. The molecule has 0 aliphatic heterocycles. The Kier molecular flexibility index (Phi) is 9.96. The second kappa shape index (κ2) is 12.7. The molecule has 2 aromatic carbocycles. The van der Waals surface area contributed by atoms with Gasteiger partial charge in [-0.05, 0) is 55.0 Å². The van der Waals surface area contributed by atoms with Gasteiger partial charge in [-0.25, -0.2) is 0 Å². The van der Waals surface area contributed by atoms with E-state index in [4.69, 9.17) is 23.2 Å². The van der Waals surface area contributed by atoms with Crippen molar-refractivity contribution in [1.29, 1.82) is 0 Å². The van der Waals surface area contributed by atoms with Gasteiger partial charge in [-0.15, -0.1) is 11.8 Å². The maximum absolute atomic E-state index is 13.4. The fraction of sp³-hybridized carbons (Fsp3) is 0.462. The summed E-state index contributed by atoms with van der Waals surface area (Å²) in [6.07, 6.45) is 4.92. The van der Waals surface area contributed by atoms with Crippen LogP contribution in [0, 0.1) is 6.92 Å². The fourth-order valence-corrected chi connectivity index (χ4v) is 5.41. The molecule has 2 amide bonds. The number of halogens is 2. The van der Waals surface area contributed by atoms with Gasteiger partial charge in [0.15, 0.2) is 0 Å². The lowest BCUT2D eigenvalue weighted by molar-refractivity contribution is -0.139. The number of nitrogens with zero attached hydrogens (tertiary/aromatic N) is 1. The summed E-state index contributed by atoms with van der Waals surface area (Å²) in [5.41, 5.74) is 3.19. The van der Waals surface area contributed by atoms with Crippen molar-refractivity contribution in [3.05, 3.63) is 69.2 Å². The van der Waals surface area contributed by atoms with E-state index in [0.29, 0.717) is 34.5 Å². The summed E-state index contributed by atoms with van der Waals surface area (Å²) in [6.45, 7) is 4.44. The van der Waals surface area contributed by atoms with Crippen molar-refractivity contribution in [2.75, 3.05) is 5.75 Å². The second-order valence-corrected chi connectivity index (χ2v) is 10.4. The molecule has 7 heteroatoms. The molecule has 33 heavy (non-hydrogen) atoms. The van der Waals surface area contributed by atoms with Crippen molar-refractivity contribution in [2.45, 2.75) is 70.3 Å². The first-order valence-electron chi connectivity index (χ1n) is 11.5. The number of aryl methyl sites for hydroxylation is 1. The van der Waals surface area contributed by atoms with Crippen LogP contribution in [0.1, 0.15) is 55.7 Å². The number of carbonyl (C=O) groups is 2. The van der Waals surface area contributed by atoms with Crippen LogP contribution in [0.3, 0.4) is 0 Å². The summed E-state index contributed by atoms with van der Waals surface area (Å²) in [5.74, 6) is 0.864. The molecule has 0 bridgehead atoms. The lowest BCUT2D eigenvalue weighted by atomic mass is 10.1. The van der Waals surface area contributed by atoms with E-state index >= 15 is 0 Å². The van der Waals surface area contributed by atoms with Crippen LogP contribution >= 0.6 is 35.0 Å². The van der Waals surface area contributed by atoms with Crippen molar-refractivity contribution in [3.8, 4) is 0 Å². The van der Waals surface area contributed by atoms with Crippen LogP contribution in [-0.4, -0.2) is 34.6 Å². The van der Waals surface area contributed by atoms with E-state index in [1.54, 1.807) is 11.0 Å². The summed E-state index contributed by atoms with van der Waals surface area (Å²) in [4.78, 5) is 28.3. The SMILES string of the molecule is CC[C@H](C(=O)NC1CCCC1)N(Cc1ccccc1C)C(=O)CSCc1ccc(Cl)c(Cl)c1. The number of thioether (sulfide) groups is 1. The van der Waals surface area contributed by atoms with Crippen LogP contribution in [0.15, 0.2) is 42.5 Å². The minimum absolute atomic E-state index is 0.0308. The van der Waals surface area contributed by atoms with Gasteiger partial charge in [0, 0.05) is 18.3 Å². The zero-order valence-corrected chi connectivity index (χ0v) is 21.6. The lowest BCUT2D eigenvalue weighted by Gasteiger charge is -2.32. The highest BCUT2D eigenvalue weighted by Crippen LogP contribution is 2.25. The van der Waals surface area contributed by atoms with Crippen LogP contribution in [0.2, 0.25) is 10.0 Å². The molecule has 178 valence electrons. The Balaban J connectivity index is 1.71. The van der Waals surface area contributed by atoms with Gasteiger partial charge in [0.1, 0.15) is 6.04 Å². The van der Waals surface area contributed by atoms with Gasteiger partial charge >= 0.3 is 0 Å². The molecule has 1 N–H and O–H groups in total. The Morgan fingerprint density at radius 2 is 1.85 bits per heavy atom. The second-order valence-electron chi connectivity index (χ2n) is 8.60. The van der Waals surface area contributed by atoms with Crippen molar-refractivity contribution in [1.82, 2.24) is 10.2 Å². The molecule has 0 radical (unpaired) electrons. The topological polar surface area (TPSA) is 49.4 Å². The van der Waals surface area contributed by atoms with E-state index in [9.17, 15) is 9.59 Å². The monoisotopic (exact) mass is 506 g/mol. The van der Waals surface area contributed by atoms with Gasteiger partial charge in [-0.2, -0.15) is 0 Å². The van der Waals surface area contributed by atoms with E-state index in [0.717, 1.165) is 42.4 Å². The maximum atomic E-state index is 13.4. The van der Waals surface area contributed by atoms with Crippen LogP contribution in [0.4, 0.5) is 0 Å². The molecule has 0 unspecified atom stereocenters. The van der Waals surface area contributed by atoms with Crippen molar-refractivity contribution < 1.29 is 9.59 Å². The van der Waals surface area contributed by atoms with Crippen LogP contribution in [0.25, 0.3) is 0 Å². The first-order chi connectivity index (χ1) is 15.9. The Morgan fingerprint density at radius 3 is 2.52 bits per heavy atom. The Hall–Kier alpha value is -1.69. The van der Waals surface area contributed by atoms with Crippen molar-refractivity contribution in [2.24, 2.45) is 0 Å². The van der Waals surface area contributed by atoms with Crippen LogP contribution in [0.5, 0.6) is 0 Å². The number of carbonyl (C=O) groups excluding carboxylic acids is 2. The summed E-state index contributed by atoms with van der Waals surface area (Å²) >= 11 is 13.6. The zero-order chi connectivity index (χ0) is 23.8. The average molecular weight is 508 g/mol. The first kappa shape index (κ1) is 25.9. The number of benzene rings is 2. The molecule has 1 aliphatic carbocycles. The molecule has 0 aromatic heterocycles. The van der Waals surface area contributed by atoms with E-state index in [-0.39, 0.29) is 17.9 Å². The normalized spacial score (nSPS) is 14.8. The zero-order valence-electron chi connectivity index (χ0n) is 19.3. The summed E-state index contributed by atoms with van der Waals surface area (Å²) in [5, 5.41) is 4.22. The van der Waals surface area contributed by atoms with Crippen LogP contribution < -0.4 is 5.32 Å². The summed E-state index contributed by atoms with van der Waals surface area (Å²) < 4.78 is 0. The predicted molar refractivity (Wildman–Crippen MR) is 139 cm³/mol. The predicted octanol–water partition coefficient (Wildman–Crippen LogP) is 6.40. The van der Waals surface area contributed by atoms with E-state index in [1.165, 1.54) is 11.8 Å². The third-order valence-corrected chi connectivity index (χ3v) is 7.90. The highest BCUT2D eigenvalue weighted by atomic mass is 35.5. The molecule has 0 heterocycles. The quantitative estimate of drug-likeness (QED) is 0.405. The van der Waals surface area contributed by atoms with Crippen LogP contribution in [-0.2, 0) is 21.9 Å². The largest absolute Gasteiger partial charge is 0.352 e. The van der Waals surface area contributed by atoms with Gasteiger partial charge in [0.2, 0.25) is 11.8 Å². The standard InChI is InChI=1S/C26H32Cl2N2O2S/c1-3-24(26(32)29-21-10-6-7-11-21)30(15-20-9-5-4-8-18(20)2)25(31)17-33-16-19-12-13-22(27)23(28)14-19/h4-5,8-9,12-14,21,24H,3,6-7,10-11,15-17H2,1-2H3,(H,29,32)/t24-/m1/s1. The highest BCUT2D eigenvalue weighted by molar-refractivity contribution is 7.99. The fourth-order valence-electron chi connectivity index (χ4n) is 4.23. The Labute approximate surface area is 211 Å². The number of nitrogens with one attached hydrogen (secondary N) is 1.